The highest BCUT2D eigenvalue weighted by Crippen LogP contribution is 2.35. The molecule has 1 aliphatic rings. The summed E-state index contributed by atoms with van der Waals surface area (Å²) in [4.78, 5) is 29.7. The van der Waals surface area contributed by atoms with Crippen LogP contribution in [-0.2, 0) is 16.0 Å². The molecule has 0 bridgehead atoms. The van der Waals surface area contributed by atoms with Crippen molar-refractivity contribution in [2.75, 3.05) is 25.2 Å². The van der Waals surface area contributed by atoms with Gasteiger partial charge in [-0.3, -0.25) is 19.4 Å². The fourth-order valence-corrected chi connectivity index (χ4v) is 4.10. The number of methoxy groups -OCH3 is 1. The van der Waals surface area contributed by atoms with E-state index in [1.807, 2.05) is 38.1 Å². The van der Waals surface area contributed by atoms with Crippen LogP contribution in [0, 0.1) is 0 Å². The summed E-state index contributed by atoms with van der Waals surface area (Å²) in [6.45, 7) is 8.52. The molecule has 1 aliphatic heterocycles. The number of nitrogens with zero attached hydrogens (tertiary/aromatic N) is 2. The third-order valence-corrected chi connectivity index (χ3v) is 5.53. The van der Waals surface area contributed by atoms with E-state index < -0.39 is 11.8 Å². The number of allylic oxidation sites excluding steroid dienone is 1. The summed E-state index contributed by atoms with van der Waals surface area (Å²) in [5.41, 5.74) is 2.16. The first-order valence-electron chi connectivity index (χ1n) is 10.9. The lowest BCUT2D eigenvalue weighted by molar-refractivity contribution is -0.127. The van der Waals surface area contributed by atoms with Crippen molar-refractivity contribution in [1.82, 2.24) is 4.90 Å². The summed E-state index contributed by atoms with van der Waals surface area (Å²) in [5.74, 6) is 0.295. The topological polar surface area (TPSA) is 59.1 Å². The first-order valence-corrected chi connectivity index (χ1v) is 11.3. The van der Waals surface area contributed by atoms with Gasteiger partial charge in [0.1, 0.15) is 5.57 Å². The summed E-state index contributed by atoms with van der Waals surface area (Å²) in [5, 5.41) is 0.187. The molecule has 0 aromatic heterocycles. The van der Waals surface area contributed by atoms with E-state index in [0.717, 1.165) is 5.56 Å². The van der Waals surface area contributed by atoms with Crippen LogP contribution in [0.5, 0.6) is 11.5 Å². The average Bonchev–Trinajstić information content (AvgIpc) is 2.81. The molecule has 2 aromatic rings. The molecule has 1 saturated heterocycles. The molecule has 0 spiro atoms. The summed E-state index contributed by atoms with van der Waals surface area (Å²) >= 11 is 5.55. The summed E-state index contributed by atoms with van der Waals surface area (Å²) in [6, 6.07) is 12.8. The Kier molecular flexibility index (Phi) is 8.01. The van der Waals surface area contributed by atoms with E-state index in [1.165, 1.54) is 9.80 Å². The van der Waals surface area contributed by atoms with E-state index in [4.69, 9.17) is 21.7 Å². The molecule has 0 atom stereocenters. The van der Waals surface area contributed by atoms with Gasteiger partial charge < -0.3 is 9.47 Å². The van der Waals surface area contributed by atoms with Crippen molar-refractivity contribution in [3.8, 4) is 11.5 Å². The van der Waals surface area contributed by atoms with Crippen LogP contribution in [-0.4, -0.2) is 42.1 Å². The standard InChI is InChI=1S/C26H28N2O4S/c1-5-11-19-15-18(17-22(32-7-3)23(19)31-4)16-21-24(29)27(14-6-2)26(33)28(25(21)30)20-12-9-8-10-13-20/h5,8-10,12-13,15-17H,1,6-7,11,14H2,2-4H3/b21-16+. The van der Waals surface area contributed by atoms with Crippen molar-refractivity contribution in [2.24, 2.45) is 0 Å². The Hall–Kier alpha value is -3.45. The van der Waals surface area contributed by atoms with Crippen molar-refractivity contribution in [3.05, 3.63) is 71.8 Å². The monoisotopic (exact) mass is 464 g/mol. The minimum Gasteiger partial charge on any atom is -0.493 e. The van der Waals surface area contributed by atoms with Gasteiger partial charge >= 0.3 is 0 Å². The number of amides is 2. The molecule has 1 fully saturated rings. The number of anilines is 1. The molecule has 1 heterocycles. The minimum atomic E-state index is -0.456. The fraction of sp³-hybridized carbons (Fsp3) is 0.269. The van der Waals surface area contributed by atoms with E-state index in [9.17, 15) is 9.59 Å². The van der Waals surface area contributed by atoms with Crippen LogP contribution < -0.4 is 14.4 Å². The highest BCUT2D eigenvalue weighted by Gasteiger charge is 2.39. The zero-order valence-electron chi connectivity index (χ0n) is 19.2. The van der Waals surface area contributed by atoms with Crippen LogP contribution in [0.4, 0.5) is 5.69 Å². The average molecular weight is 465 g/mol. The maximum atomic E-state index is 13.5. The Labute approximate surface area is 200 Å². The lowest BCUT2D eigenvalue weighted by atomic mass is 10.0. The first-order chi connectivity index (χ1) is 16.0. The largest absolute Gasteiger partial charge is 0.493 e. The highest BCUT2D eigenvalue weighted by molar-refractivity contribution is 7.80. The predicted octanol–water partition coefficient (Wildman–Crippen LogP) is 4.78. The van der Waals surface area contributed by atoms with E-state index in [0.29, 0.717) is 48.7 Å². The molecular formula is C26H28N2O4S. The van der Waals surface area contributed by atoms with Gasteiger partial charge in [-0.2, -0.15) is 0 Å². The van der Waals surface area contributed by atoms with Gasteiger partial charge in [0.05, 0.1) is 19.4 Å². The van der Waals surface area contributed by atoms with Gasteiger partial charge in [-0.05, 0) is 67.9 Å². The van der Waals surface area contributed by atoms with E-state index >= 15 is 0 Å². The highest BCUT2D eigenvalue weighted by atomic mass is 32.1. The molecule has 33 heavy (non-hydrogen) atoms. The normalized spacial score (nSPS) is 15.2. The zero-order valence-corrected chi connectivity index (χ0v) is 20.0. The number of hydrogen-bond donors (Lipinski definition) is 0. The molecule has 172 valence electrons. The third-order valence-electron chi connectivity index (χ3n) is 5.13. The number of rotatable bonds is 9. The van der Waals surface area contributed by atoms with Gasteiger partial charge in [0.2, 0.25) is 0 Å². The molecule has 3 rings (SSSR count). The summed E-state index contributed by atoms with van der Waals surface area (Å²) in [7, 11) is 1.58. The fourth-order valence-electron chi connectivity index (χ4n) is 3.74. The van der Waals surface area contributed by atoms with E-state index in [-0.39, 0.29) is 10.7 Å². The molecule has 0 unspecified atom stereocenters. The van der Waals surface area contributed by atoms with Crippen LogP contribution >= 0.6 is 12.2 Å². The molecule has 0 aliphatic carbocycles. The van der Waals surface area contributed by atoms with Crippen molar-refractivity contribution in [2.45, 2.75) is 26.7 Å². The number of carbonyl (C=O) groups excluding carboxylic acids is 2. The summed E-state index contributed by atoms with van der Waals surface area (Å²) < 4.78 is 11.3. The van der Waals surface area contributed by atoms with Crippen molar-refractivity contribution in [3.63, 3.8) is 0 Å². The molecule has 0 saturated carbocycles. The third kappa shape index (κ3) is 4.98. The number of para-hydroxylation sites is 1. The van der Waals surface area contributed by atoms with Gasteiger partial charge in [-0.25, -0.2) is 0 Å². The van der Waals surface area contributed by atoms with Gasteiger partial charge in [0.25, 0.3) is 11.8 Å². The minimum absolute atomic E-state index is 0.0399. The Morgan fingerprint density at radius 2 is 1.82 bits per heavy atom. The van der Waals surface area contributed by atoms with Gasteiger partial charge in [-0.15, -0.1) is 6.58 Å². The number of benzene rings is 2. The quantitative estimate of drug-likeness (QED) is 0.231. The van der Waals surface area contributed by atoms with E-state index in [1.54, 1.807) is 37.5 Å². The predicted molar refractivity (Wildman–Crippen MR) is 135 cm³/mol. The second-order valence-electron chi connectivity index (χ2n) is 7.41. The molecule has 2 amide bonds. The molecular weight excluding hydrogens is 436 g/mol. The Morgan fingerprint density at radius 1 is 1.09 bits per heavy atom. The maximum Gasteiger partial charge on any atom is 0.270 e. The van der Waals surface area contributed by atoms with Crippen LogP contribution in [0.15, 0.2) is 60.7 Å². The number of thiocarbonyl (C=S) groups is 1. The number of ether oxygens (including phenoxy) is 2. The molecule has 6 nitrogen and oxygen atoms in total. The molecule has 7 heteroatoms. The molecule has 2 aromatic carbocycles. The van der Waals surface area contributed by atoms with E-state index in [2.05, 4.69) is 6.58 Å². The van der Waals surface area contributed by atoms with Crippen LogP contribution in [0.2, 0.25) is 0 Å². The molecule has 0 N–H and O–H groups in total. The first kappa shape index (κ1) is 24.2. The lowest BCUT2D eigenvalue weighted by Gasteiger charge is -2.36. The number of carbonyl (C=O) groups is 2. The van der Waals surface area contributed by atoms with Gasteiger partial charge in [0, 0.05) is 12.1 Å². The van der Waals surface area contributed by atoms with Crippen LogP contribution in [0.3, 0.4) is 0 Å². The van der Waals surface area contributed by atoms with Crippen molar-refractivity contribution >= 4 is 40.9 Å². The smallest absolute Gasteiger partial charge is 0.270 e. The Morgan fingerprint density at radius 3 is 2.42 bits per heavy atom. The Balaban J connectivity index is 2.15. The van der Waals surface area contributed by atoms with Crippen LogP contribution in [0.1, 0.15) is 31.4 Å². The van der Waals surface area contributed by atoms with Crippen LogP contribution in [0.25, 0.3) is 6.08 Å². The van der Waals surface area contributed by atoms with Gasteiger partial charge in [-0.1, -0.05) is 31.2 Å². The maximum absolute atomic E-state index is 13.5. The summed E-state index contributed by atoms with van der Waals surface area (Å²) in [6.07, 6.45) is 4.61. The Bertz CT molecular complexity index is 1090. The zero-order chi connectivity index (χ0) is 24.0. The second kappa shape index (κ2) is 10.9. The van der Waals surface area contributed by atoms with Gasteiger partial charge in [0.15, 0.2) is 16.6 Å². The number of hydrogen-bond acceptors (Lipinski definition) is 5. The lowest BCUT2D eigenvalue weighted by Crippen LogP contribution is -2.56. The van der Waals surface area contributed by atoms with Crippen molar-refractivity contribution in [1.29, 1.82) is 0 Å². The molecule has 0 radical (unpaired) electrons. The van der Waals surface area contributed by atoms with Crippen molar-refractivity contribution < 1.29 is 19.1 Å². The SMILES string of the molecule is C=CCc1cc(/C=C2\C(=O)N(CCC)C(=S)N(c3ccccc3)C2=O)cc(OCC)c1OC. The second-order valence-corrected chi connectivity index (χ2v) is 7.78.